The van der Waals surface area contributed by atoms with Crippen molar-refractivity contribution in [3.05, 3.63) is 96.1 Å². The first-order valence-electron chi connectivity index (χ1n) is 11.3. The summed E-state index contributed by atoms with van der Waals surface area (Å²) in [6, 6.07) is 28.5. The van der Waals surface area contributed by atoms with E-state index < -0.39 is 0 Å². The third-order valence-electron chi connectivity index (χ3n) is 6.42. The Bertz CT molecular complexity index is 993. The molecule has 0 spiro atoms. The molecule has 0 aromatic heterocycles. The lowest BCUT2D eigenvalue weighted by molar-refractivity contribution is -0.123. The fourth-order valence-corrected chi connectivity index (χ4v) is 4.48. The molecule has 0 amide bonds. The second-order valence-corrected chi connectivity index (χ2v) is 8.46. The first kappa shape index (κ1) is 22.1. The Morgan fingerprint density at radius 3 is 2.19 bits per heavy atom. The van der Waals surface area contributed by atoms with Crippen molar-refractivity contribution in [3.8, 4) is 11.5 Å². The van der Waals surface area contributed by atoms with Gasteiger partial charge in [-0.1, -0.05) is 60.7 Å². The van der Waals surface area contributed by atoms with Crippen LogP contribution >= 0.6 is 0 Å². The van der Waals surface area contributed by atoms with Crippen molar-refractivity contribution in [2.75, 3.05) is 20.2 Å². The van der Waals surface area contributed by atoms with E-state index in [1.165, 1.54) is 5.56 Å². The van der Waals surface area contributed by atoms with Crippen LogP contribution in [0.5, 0.6) is 11.5 Å². The molecule has 1 fully saturated rings. The summed E-state index contributed by atoms with van der Waals surface area (Å²) in [5.41, 5.74) is 2.16. The molecule has 166 valence electrons. The summed E-state index contributed by atoms with van der Waals surface area (Å²) in [5, 5.41) is 0. The van der Waals surface area contributed by atoms with Crippen molar-refractivity contribution >= 4 is 5.78 Å². The Kier molecular flexibility index (Phi) is 7.23. The standard InChI is InChI=1S/C28H31NO3/c1-29(19-20-31-26-12-6-3-7-13-26)28(17-15-25(30)16-18-28)24-11-8-14-27(21-24)32-22-23-9-4-2-5-10-23/h2-14,21H,15-20,22H2,1H3. The summed E-state index contributed by atoms with van der Waals surface area (Å²) in [6.45, 7) is 1.91. The van der Waals surface area contributed by atoms with Crippen LogP contribution in [0.3, 0.4) is 0 Å². The van der Waals surface area contributed by atoms with E-state index in [2.05, 4.69) is 42.3 Å². The van der Waals surface area contributed by atoms with E-state index >= 15 is 0 Å². The van der Waals surface area contributed by atoms with Crippen LogP contribution in [0.2, 0.25) is 0 Å². The Morgan fingerprint density at radius 1 is 0.812 bits per heavy atom. The van der Waals surface area contributed by atoms with Gasteiger partial charge in [-0.15, -0.1) is 0 Å². The third-order valence-corrected chi connectivity index (χ3v) is 6.42. The number of Topliss-reactive ketones (excluding diaryl/α,β-unsaturated/α-hetero) is 1. The van der Waals surface area contributed by atoms with Gasteiger partial charge in [-0.05, 0) is 55.3 Å². The van der Waals surface area contributed by atoms with Crippen LogP contribution in [-0.4, -0.2) is 30.9 Å². The predicted molar refractivity (Wildman–Crippen MR) is 127 cm³/mol. The highest BCUT2D eigenvalue weighted by Crippen LogP contribution is 2.41. The lowest BCUT2D eigenvalue weighted by Crippen LogP contribution is -2.48. The third kappa shape index (κ3) is 5.38. The van der Waals surface area contributed by atoms with E-state index in [0.29, 0.717) is 31.8 Å². The van der Waals surface area contributed by atoms with Crippen LogP contribution in [0.1, 0.15) is 36.8 Å². The normalized spacial score (nSPS) is 15.5. The maximum Gasteiger partial charge on any atom is 0.133 e. The Balaban J connectivity index is 1.48. The molecule has 0 saturated heterocycles. The molecule has 0 bridgehead atoms. The van der Waals surface area contributed by atoms with Gasteiger partial charge in [0.25, 0.3) is 0 Å². The number of hydrogen-bond donors (Lipinski definition) is 0. The molecule has 32 heavy (non-hydrogen) atoms. The summed E-state index contributed by atoms with van der Waals surface area (Å²) in [4.78, 5) is 14.4. The van der Waals surface area contributed by atoms with E-state index in [9.17, 15) is 4.79 Å². The number of ether oxygens (including phenoxy) is 2. The molecule has 0 atom stereocenters. The molecule has 1 saturated carbocycles. The number of likely N-dealkylation sites (N-methyl/N-ethyl adjacent to an activating group) is 1. The second-order valence-electron chi connectivity index (χ2n) is 8.46. The Labute approximate surface area is 190 Å². The molecule has 0 N–H and O–H groups in total. The number of carbonyl (C=O) groups excluding carboxylic acids is 1. The van der Waals surface area contributed by atoms with Gasteiger partial charge >= 0.3 is 0 Å². The van der Waals surface area contributed by atoms with Gasteiger partial charge in [0.2, 0.25) is 0 Å². The second kappa shape index (κ2) is 10.5. The van der Waals surface area contributed by atoms with Crippen LogP contribution in [0.25, 0.3) is 0 Å². The van der Waals surface area contributed by atoms with Crippen LogP contribution in [0.4, 0.5) is 0 Å². The minimum absolute atomic E-state index is 0.194. The fraction of sp³-hybridized carbons (Fsp3) is 0.321. The molecule has 0 unspecified atom stereocenters. The Morgan fingerprint density at radius 2 is 1.47 bits per heavy atom. The highest BCUT2D eigenvalue weighted by molar-refractivity contribution is 5.79. The average molecular weight is 430 g/mol. The molecule has 1 aliphatic carbocycles. The van der Waals surface area contributed by atoms with E-state index in [4.69, 9.17) is 9.47 Å². The summed E-state index contributed by atoms with van der Waals surface area (Å²) in [5.74, 6) is 2.09. The molecular weight excluding hydrogens is 398 g/mol. The maximum atomic E-state index is 12.1. The van der Waals surface area contributed by atoms with Crippen LogP contribution < -0.4 is 9.47 Å². The molecule has 0 heterocycles. The summed E-state index contributed by atoms with van der Waals surface area (Å²) < 4.78 is 12.0. The highest BCUT2D eigenvalue weighted by atomic mass is 16.5. The zero-order valence-corrected chi connectivity index (χ0v) is 18.7. The number of carbonyl (C=O) groups is 1. The zero-order valence-electron chi connectivity index (χ0n) is 18.7. The van der Waals surface area contributed by atoms with Gasteiger partial charge in [0, 0.05) is 24.9 Å². The Hall–Kier alpha value is -3.11. The fourth-order valence-electron chi connectivity index (χ4n) is 4.48. The number of benzene rings is 3. The van der Waals surface area contributed by atoms with Crippen molar-refractivity contribution in [2.24, 2.45) is 0 Å². The smallest absolute Gasteiger partial charge is 0.133 e. The minimum atomic E-state index is -0.194. The van der Waals surface area contributed by atoms with E-state index in [1.807, 2.05) is 54.6 Å². The SMILES string of the molecule is CN(CCOc1ccccc1)C1(c2cccc(OCc3ccccc3)c2)CCC(=O)CC1. The van der Waals surface area contributed by atoms with Crippen LogP contribution in [0, 0.1) is 0 Å². The first-order valence-corrected chi connectivity index (χ1v) is 11.3. The molecule has 4 nitrogen and oxygen atoms in total. The number of rotatable bonds is 9. The predicted octanol–water partition coefficient (Wildman–Crippen LogP) is 5.61. The minimum Gasteiger partial charge on any atom is -0.492 e. The van der Waals surface area contributed by atoms with Gasteiger partial charge in [-0.2, -0.15) is 0 Å². The number of ketones is 1. The molecule has 0 radical (unpaired) electrons. The summed E-state index contributed by atoms with van der Waals surface area (Å²) >= 11 is 0. The van der Waals surface area contributed by atoms with Crippen molar-refractivity contribution in [2.45, 2.75) is 37.8 Å². The van der Waals surface area contributed by atoms with Gasteiger partial charge in [0.15, 0.2) is 0 Å². The quantitative estimate of drug-likeness (QED) is 0.443. The van der Waals surface area contributed by atoms with E-state index in [1.54, 1.807) is 0 Å². The van der Waals surface area contributed by atoms with Crippen molar-refractivity contribution in [1.82, 2.24) is 4.90 Å². The van der Waals surface area contributed by atoms with Gasteiger partial charge in [0.1, 0.15) is 30.5 Å². The molecule has 3 aromatic rings. The van der Waals surface area contributed by atoms with Gasteiger partial charge in [-0.25, -0.2) is 0 Å². The van der Waals surface area contributed by atoms with Gasteiger partial charge in [0.05, 0.1) is 0 Å². The summed E-state index contributed by atoms with van der Waals surface area (Å²) in [7, 11) is 2.14. The van der Waals surface area contributed by atoms with Crippen molar-refractivity contribution in [3.63, 3.8) is 0 Å². The van der Waals surface area contributed by atoms with Crippen molar-refractivity contribution < 1.29 is 14.3 Å². The number of nitrogens with zero attached hydrogens (tertiary/aromatic N) is 1. The molecular formula is C28H31NO3. The molecule has 3 aromatic carbocycles. The zero-order chi connectivity index (χ0) is 22.2. The maximum absolute atomic E-state index is 12.1. The van der Waals surface area contributed by atoms with Gasteiger partial charge in [-0.3, -0.25) is 9.69 Å². The molecule has 4 rings (SSSR count). The lowest BCUT2D eigenvalue weighted by atomic mass is 9.75. The van der Waals surface area contributed by atoms with E-state index in [-0.39, 0.29) is 5.54 Å². The van der Waals surface area contributed by atoms with Crippen molar-refractivity contribution in [1.29, 1.82) is 0 Å². The van der Waals surface area contributed by atoms with Crippen LogP contribution in [0.15, 0.2) is 84.9 Å². The number of para-hydroxylation sites is 1. The van der Waals surface area contributed by atoms with Gasteiger partial charge < -0.3 is 9.47 Å². The van der Waals surface area contributed by atoms with Crippen LogP contribution in [-0.2, 0) is 16.9 Å². The average Bonchev–Trinajstić information content (AvgIpc) is 2.85. The molecule has 1 aliphatic rings. The molecule has 0 aliphatic heterocycles. The largest absolute Gasteiger partial charge is 0.492 e. The van der Waals surface area contributed by atoms with E-state index in [0.717, 1.165) is 36.4 Å². The number of hydrogen-bond acceptors (Lipinski definition) is 4. The monoisotopic (exact) mass is 429 g/mol. The first-order chi connectivity index (χ1) is 15.7. The summed E-state index contributed by atoms with van der Waals surface area (Å²) in [6.07, 6.45) is 2.85. The highest BCUT2D eigenvalue weighted by Gasteiger charge is 2.40. The lowest BCUT2D eigenvalue weighted by Gasteiger charge is -2.45. The molecule has 4 heteroatoms. The topological polar surface area (TPSA) is 38.8 Å².